The Kier molecular flexibility index (Phi) is 4.53. The van der Waals surface area contributed by atoms with Crippen molar-refractivity contribution in [1.82, 2.24) is 10.2 Å². The number of hydrogen-bond acceptors (Lipinski definition) is 5. The van der Waals surface area contributed by atoms with Gasteiger partial charge in [0.1, 0.15) is 5.54 Å². The molecule has 1 aromatic rings. The first kappa shape index (κ1) is 15.8. The van der Waals surface area contributed by atoms with Crippen LogP contribution in [0.1, 0.15) is 33.0 Å². The number of carbonyl (C=O) groups excluding carboxylic acids is 1. The van der Waals surface area contributed by atoms with Gasteiger partial charge in [-0.15, -0.1) is 11.3 Å². The molecular weight excluding hydrogens is 288 g/mol. The molecule has 0 aliphatic carbocycles. The van der Waals surface area contributed by atoms with Crippen molar-refractivity contribution in [3.05, 3.63) is 21.4 Å². The molecule has 7 heteroatoms. The summed E-state index contributed by atoms with van der Waals surface area (Å²) in [5.41, 5.74) is 6.20. The molecule has 2 rings (SSSR count). The van der Waals surface area contributed by atoms with E-state index in [4.69, 9.17) is 10.9 Å². The molecule has 6 nitrogen and oxygen atoms in total. The summed E-state index contributed by atoms with van der Waals surface area (Å²) in [6.07, 6.45) is 1.27. The predicted molar refractivity (Wildman–Crippen MR) is 84.1 cm³/mol. The third kappa shape index (κ3) is 3.19. The van der Waals surface area contributed by atoms with Crippen LogP contribution in [0, 0.1) is 13.8 Å². The SMILES string of the molecule is Cc1cc(C(=O)NC2(C(N)=NO)CCN(C)CC2)sc1C. The summed E-state index contributed by atoms with van der Waals surface area (Å²) in [5.74, 6) is -0.0821. The maximum absolute atomic E-state index is 12.5. The minimum Gasteiger partial charge on any atom is -0.409 e. The number of hydrogen-bond donors (Lipinski definition) is 3. The normalized spacial score (nSPS) is 19.5. The number of thiophene rings is 1. The van der Waals surface area contributed by atoms with Crippen molar-refractivity contribution in [3.8, 4) is 0 Å². The summed E-state index contributed by atoms with van der Waals surface area (Å²) in [4.78, 5) is 16.4. The molecule has 4 N–H and O–H groups in total. The lowest BCUT2D eigenvalue weighted by Gasteiger charge is -2.40. The predicted octanol–water partition coefficient (Wildman–Crippen LogP) is 1.31. The highest BCUT2D eigenvalue weighted by Crippen LogP contribution is 2.25. The molecule has 0 radical (unpaired) electrons. The second-order valence-corrected chi connectivity index (χ2v) is 6.93. The number of nitrogens with one attached hydrogen (secondary N) is 1. The molecule has 1 amide bonds. The summed E-state index contributed by atoms with van der Waals surface area (Å²) in [6, 6.07) is 1.88. The molecule has 1 aliphatic heterocycles. The van der Waals surface area contributed by atoms with Crippen LogP contribution in [-0.2, 0) is 0 Å². The van der Waals surface area contributed by atoms with E-state index in [1.54, 1.807) is 0 Å². The number of carbonyl (C=O) groups is 1. The fourth-order valence-corrected chi connectivity index (χ4v) is 3.43. The van der Waals surface area contributed by atoms with Crippen molar-refractivity contribution >= 4 is 23.1 Å². The zero-order chi connectivity index (χ0) is 15.6. The Hall–Kier alpha value is -1.60. The van der Waals surface area contributed by atoms with Gasteiger partial charge in [-0.2, -0.15) is 0 Å². The Balaban J connectivity index is 2.21. The Morgan fingerprint density at radius 2 is 2.10 bits per heavy atom. The molecule has 0 bridgehead atoms. The molecule has 0 unspecified atom stereocenters. The number of nitrogens with zero attached hydrogens (tertiary/aromatic N) is 2. The first-order chi connectivity index (χ1) is 9.88. The lowest BCUT2D eigenvalue weighted by molar-refractivity contribution is 0.0890. The first-order valence-corrected chi connectivity index (χ1v) is 7.76. The molecule has 1 aliphatic rings. The Labute approximate surface area is 128 Å². The lowest BCUT2D eigenvalue weighted by atomic mass is 9.86. The highest BCUT2D eigenvalue weighted by atomic mass is 32.1. The topological polar surface area (TPSA) is 91.0 Å². The standard InChI is InChI=1S/C14H22N4O2S/c1-9-8-11(21-10(9)2)12(19)16-14(13(15)17-20)4-6-18(3)7-5-14/h8,20H,4-7H2,1-3H3,(H2,15,17)(H,16,19). The molecule has 2 heterocycles. The van der Waals surface area contributed by atoms with Gasteiger partial charge in [0, 0.05) is 18.0 Å². The van der Waals surface area contributed by atoms with E-state index in [0.29, 0.717) is 17.7 Å². The van der Waals surface area contributed by atoms with Gasteiger partial charge in [-0.05, 0) is 45.4 Å². The molecule has 0 spiro atoms. The van der Waals surface area contributed by atoms with Gasteiger partial charge in [-0.25, -0.2) is 0 Å². The number of nitrogens with two attached hydrogens (primary N) is 1. The van der Waals surface area contributed by atoms with Crippen LogP contribution in [0.4, 0.5) is 0 Å². The van der Waals surface area contributed by atoms with Crippen LogP contribution < -0.4 is 11.1 Å². The van der Waals surface area contributed by atoms with E-state index in [0.717, 1.165) is 23.5 Å². The maximum atomic E-state index is 12.5. The number of amidine groups is 1. The van der Waals surface area contributed by atoms with E-state index in [1.807, 2.05) is 27.0 Å². The maximum Gasteiger partial charge on any atom is 0.262 e. The van der Waals surface area contributed by atoms with Crippen LogP contribution >= 0.6 is 11.3 Å². The first-order valence-electron chi connectivity index (χ1n) is 6.94. The second-order valence-electron chi connectivity index (χ2n) is 5.67. The lowest BCUT2D eigenvalue weighted by Crippen LogP contribution is -2.62. The Morgan fingerprint density at radius 3 is 2.57 bits per heavy atom. The third-order valence-electron chi connectivity index (χ3n) is 4.18. The summed E-state index contributed by atoms with van der Waals surface area (Å²) in [6.45, 7) is 5.56. The number of rotatable bonds is 3. The van der Waals surface area contributed by atoms with Crippen molar-refractivity contribution < 1.29 is 10.0 Å². The number of amides is 1. The van der Waals surface area contributed by atoms with Crippen molar-refractivity contribution in [1.29, 1.82) is 0 Å². The minimum atomic E-state index is -0.760. The van der Waals surface area contributed by atoms with E-state index in [1.165, 1.54) is 11.3 Å². The highest BCUT2D eigenvalue weighted by molar-refractivity contribution is 7.14. The van der Waals surface area contributed by atoms with Gasteiger partial charge in [0.05, 0.1) is 4.88 Å². The van der Waals surface area contributed by atoms with E-state index >= 15 is 0 Å². The van der Waals surface area contributed by atoms with E-state index in [-0.39, 0.29) is 11.7 Å². The van der Waals surface area contributed by atoms with Gasteiger partial charge in [0.25, 0.3) is 5.91 Å². The number of oxime groups is 1. The van der Waals surface area contributed by atoms with E-state index in [2.05, 4.69) is 15.4 Å². The van der Waals surface area contributed by atoms with Crippen LogP contribution in [0.15, 0.2) is 11.2 Å². The molecule has 0 saturated carbocycles. The smallest absolute Gasteiger partial charge is 0.262 e. The van der Waals surface area contributed by atoms with Crippen LogP contribution in [0.3, 0.4) is 0 Å². The average molecular weight is 310 g/mol. The van der Waals surface area contributed by atoms with Gasteiger partial charge in [0.2, 0.25) is 0 Å². The number of aryl methyl sites for hydroxylation is 2. The van der Waals surface area contributed by atoms with E-state index in [9.17, 15) is 4.79 Å². The molecular formula is C14H22N4O2S. The minimum absolute atomic E-state index is 0.0777. The highest BCUT2D eigenvalue weighted by Gasteiger charge is 2.39. The van der Waals surface area contributed by atoms with Crippen molar-refractivity contribution in [2.75, 3.05) is 20.1 Å². The monoisotopic (exact) mass is 310 g/mol. The van der Waals surface area contributed by atoms with Crippen molar-refractivity contribution in [2.45, 2.75) is 32.2 Å². The summed E-state index contributed by atoms with van der Waals surface area (Å²) >= 11 is 1.46. The third-order valence-corrected chi connectivity index (χ3v) is 5.33. The average Bonchev–Trinajstić information content (AvgIpc) is 2.80. The summed E-state index contributed by atoms with van der Waals surface area (Å²) < 4.78 is 0. The fourth-order valence-electron chi connectivity index (χ4n) is 2.51. The van der Waals surface area contributed by atoms with Crippen molar-refractivity contribution in [2.24, 2.45) is 10.9 Å². The quantitative estimate of drug-likeness (QED) is 0.340. The van der Waals surface area contributed by atoms with Crippen LogP contribution in [0.2, 0.25) is 0 Å². The second kappa shape index (κ2) is 6.03. The molecule has 21 heavy (non-hydrogen) atoms. The Morgan fingerprint density at radius 1 is 1.48 bits per heavy atom. The zero-order valence-corrected chi connectivity index (χ0v) is 13.5. The van der Waals surface area contributed by atoms with Crippen LogP contribution in [0.25, 0.3) is 0 Å². The van der Waals surface area contributed by atoms with Gasteiger partial charge in [0.15, 0.2) is 5.84 Å². The summed E-state index contributed by atoms with van der Waals surface area (Å²) in [7, 11) is 2.02. The van der Waals surface area contributed by atoms with Gasteiger partial charge < -0.3 is 21.2 Å². The Bertz CT molecular complexity index is 540. The molecule has 1 aromatic heterocycles. The van der Waals surface area contributed by atoms with Crippen LogP contribution in [-0.4, -0.2) is 47.5 Å². The van der Waals surface area contributed by atoms with Gasteiger partial charge in [-0.1, -0.05) is 5.16 Å². The van der Waals surface area contributed by atoms with Gasteiger partial charge >= 0.3 is 0 Å². The van der Waals surface area contributed by atoms with E-state index < -0.39 is 5.54 Å². The molecule has 1 fully saturated rings. The largest absolute Gasteiger partial charge is 0.409 e. The van der Waals surface area contributed by atoms with Crippen LogP contribution in [0.5, 0.6) is 0 Å². The summed E-state index contributed by atoms with van der Waals surface area (Å²) in [5, 5.41) is 15.2. The molecule has 0 atom stereocenters. The number of likely N-dealkylation sites (tertiary alicyclic amines) is 1. The zero-order valence-electron chi connectivity index (χ0n) is 12.6. The molecule has 1 saturated heterocycles. The molecule has 0 aromatic carbocycles. The van der Waals surface area contributed by atoms with Crippen molar-refractivity contribution in [3.63, 3.8) is 0 Å². The number of piperidine rings is 1. The van der Waals surface area contributed by atoms with Gasteiger partial charge in [-0.3, -0.25) is 4.79 Å². The fraction of sp³-hybridized carbons (Fsp3) is 0.571. The molecule has 116 valence electrons.